The summed E-state index contributed by atoms with van der Waals surface area (Å²) in [6, 6.07) is 15.8. The van der Waals surface area contributed by atoms with Crippen LogP contribution in [0.4, 0.5) is 10.2 Å². The number of amides is 2. The lowest BCUT2D eigenvalue weighted by molar-refractivity contribution is 0.0937. The van der Waals surface area contributed by atoms with Gasteiger partial charge in [0.2, 0.25) is 5.95 Å². The number of aryl methyl sites for hydroxylation is 2. The maximum atomic E-state index is 13.8. The predicted octanol–water partition coefficient (Wildman–Crippen LogP) is 5.54. The highest BCUT2D eigenvalue weighted by Gasteiger charge is 2.24. The molecule has 0 radical (unpaired) electrons. The fourth-order valence-corrected chi connectivity index (χ4v) is 8.27. The highest BCUT2D eigenvalue weighted by atomic mass is 19.1. The summed E-state index contributed by atoms with van der Waals surface area (Å²) in [4.78, 5) is 48.7. The van der Waals surface area contributed by atoms with Crippen molar-refractivity contribution in [1.29, 1.82) is 0 Å². The number of nitrogens with zero attached hydrogens (tertiary/aromatic N) is 4. The van der Waals surface area contributed by atoms with Crippen molar-refractivity contribution in [2.75, 3.05) is 18.4 Å². The lowest BCUT2D eigenvalue weighted by Crippen LogP contribution is -2.31. The Morgan fingerprint density at radius 3 is 1.66 bits per heavy atom. The summed E-state index contributed by atoms with van der Waals surface area (Å²) in [5, 5.41) is 28.0. The van der Waals surface area contributed by atoms with E-state index in [2.05, 4.69) is 35.9 Å². The molecule has 2 aromatic carbocycles. The summed E-state index contributed by atoms with van der Waals surface area (Å²) in [7, 11) is 0. The number of aromatic amines is 2. The molecule has 15 heteroatoms. The first-order chi connectivity index (χ1) is 28.5. The topological polar surface area (TPSA) is 220 Å². The highest BCUT2D eigenvalue weighted by molar-refractivity contribution is 6.00. The van der Waals surface area contributed by atoms with Gasteiger partial charge in [0.25, 0.3) is 11.8 Å². The summed E-state index contributed by atoms with van der Waals surface area (Å²) in [6.45, 7) is 4.84. The second-order valence-corrected chi connectivity index (χ2v) is 16.0. The molecule has 10 rings (SSSR count). The normalized spacial score (nSPS) is 21.3. The molecule has 2 amide bonds. The third-order valence-corrected chi connectivity index (χ3v) is 11.6. The van der Waals surface area contributed by atoms with Gasteiger partial charge in [0.1, 0.15) is 16.9 Å². The molecule has 2 saturated carbocycles. The van der Waals surface area contributed by atoms with E-state index in [0.29, 0.717) is 47.3 Å². The summed E-state index contributed by atoms with van der Waals surface area (Å²) < 4.78 is 13.8. The van der Waals surface area contributed by atoms with Crippen LogP contribution in [0.5, 0.6) is 0 Å². The minimum atomic E-state index is -0.575. The van der Waals surface area contributed by atoms with Crippen LogP contribution in [0.25, 0.3) is 44.6 Å². The van der Waals surface area contributed by atoms with E-state index in [0.717, 1.165) is 121 Å². The molecule has 0 unspecified atom stereocenters. The molecule has 308 valence electrons. The van der Waals surface area contributed by atoms with E-state index >= 15 is 0 Å². The third kappa shape index (κ3) is 8.82. The Balaban J connectivity index is 0.000000142. The number of nitrogens with two attached hydrogens (primary N) is 1. The average Bonchev–Trinajstić information content (AvgIpc) is 3.88. The number of halogens is 1. The van der Waals surface area contributed by atoms with Crippen molar-refractivity contribution < 1.29 is 24.2 Å². The first-order valence-electron chi connectivity index (χ1n) is 20.6. The Hall–Kier alpha value is -5.77. The molecule has 0 atom stereocenters. The number of fused-ring (bicyclic) bond motifs is 4. The van der Waals surface area contributed by atoms with Crippen molar-refractivity contribution in [3.63, 3.8) is 0 Å². The Morgan fingerprint density at radius 1 is 0.661 bits per heavy atom. The SMILES string of the molecule is Cc1nc2cccc(-c3cc4c([nH]3)CCNC4=O)c2nc1F.Cc1nc2cccc(-c3cc4c([nH]3)CCNC4=O)c2nc1NC1CCC(O)CC1.NC1CCC(O)CC1. The molecule has 4 aliphatic rings. The molecule has 2 fully saturated rings. The number of aromatic nitrogens is 6. The molecule has 2 aliphatic carbocycles. The van der Waals surface area contributed by atoms with Crippen LogP contribution in [-0.4, -0.2) is 89.3 Å². The van der Waals surface area contributed by atoms with Crippen molar-refractivity contribution in [3.8, 4) is 22.5 Å². The predicted molar refractivity (Wildman–Crippen MR) is 224 cm³/mol. The minimum absolute atomic E-state index is 0.0299. The minimum Gasteiger partial charge on any atom is -0.393 e. The number of rotatable bonds is 4. The van der Waals surface area contributed by atoms with Gasteiger partial charge < -0.3 is 41.9 Å². The lowest BCUT2D eigenvalue weighted by Gasteiger charge is -2.27. The van der Waals surface area contributed by atoms with E-state index in [1.165, 1.54) is 0 Å². The van der Waals surface area contributed by atoms with Gasteiger partial charge in [-0.1, -0.05) is 24.3 Å². The molecule has 0 bridgehead atoms. The van der Waals surface area contributed by atoms with Crippen molar-refractivity contribution in [2.45, 2.75) is 102 Å². The van der Waals surface area contributed by atoms with Crippen LogP contribution in [0.2, 0.25) is 0 Å². The first kappa shape index (κ1) is 40.0. The molecule has 6 heterocycles. The van der Waals surface area contributed by atoms with Gasteiger partial charge in [-0.15, -0.1) is 0 Å². The number of para-hydroxylation sites is 2. The first-order valence-corrected chi connectivity index (χ1v) is 20.6. The molecule has 9 N–H and O–H groups in total. The Labute approximate surface area is 341 Å². The average molecular weight is 803 g/mol. The third-order valence-electron chi connectivity index (χ3n) is 11.6. The van der Waals surface area contributed by atoms with Crippen LogP contribution >= 0.6 is 0 Å². The zero-order chi connectivity index (χ0) is 41.2. The zero-order valence-corrected chi connectivity index (χ0v) is 33.4. The van der Waals surface area contributed by atoms with Crippen LogP contribution in [0, 0.1) is 19.8 Å². The zero-order valence-electron chi connectivity index (χ0n) is 33.4. The van der Waals surface area contributed by atoms with Crippen LogP contribution in [-0.2, 0) is 12.8 Å². The summed E-state index contributed by atoms with van der Waals surface area (Å²) in [5.41, 5.74) is 16.1. The van der Waals surface area contributed by atoms with E-state index in [4.69, 9.17) is 20.8 Å². The van der Waals surface area contributed by atoms with Gasteiger partial charge in [0, 0.05) is 71.9 Å². The Bertz CT molecular complexity index is 2490. The quantitative estimate of drug-likeness (QED) is 0.111. The van der Waals surface area contributed by atoms with Gasteiger partial charge >= 0.3 is 0 Å². The number of benzene rings is 2. The number of H-pyrrole nitrogens is 2. The second-order valence-electron chi connectivity index (χ2n) is 16.0. The molecule has 2 aliphatic heterocycles. The summed E-state index contributed by atoms with van der Waals surface area (Å²) in [5.74, 6) is 0.101. The fourth-order valence-electron chi connectivity index (χ4n) is 8.27. The molecule has 59 heavy (non-hydrogen) atoms. The molecule has 0 spiro atoms. The molecular weight excluding hydrogens is 752 g/mol. The van der Waals surface area contributed by atoms with Gasteiger partial charge in [0.05, 0.1) is 45.8 Å². The van der Waals surface area contributed by atoms with Gasteiger partial charge in [-0.05, 0) is 89.5 Å². The molecule has 4 aromatic heterocycles. The maximum Gasteiger partial charge on any atom is 0.253 e. The smallest absolute Gasteiger partial charge is 0.253 e. The maximum absolute atomic E-state index is 13.8. The Kier molecular flexibility index (Phi) is 11.7. The largest absolute Gasteiger partial charge is 0.393 e. The van der Waals surface area contributed by atoms with Crippen LogP contribution in [0.15, 0.2) is 48.5 Å². The lowest BCUT2D eigenvalue weighted by atomic mass is 9.93. The van der Waals surface area contributed by atoms with Crippen molar-refractivity contribution in [3.05, 3.63) is 88.4 Å². The number of nitrogens with one attached hydrogen (secondary N) is 5. The standard InChI is InChI=1S/C22H25N5O2.C16H13FN4O.C6H13NO/c1-12-21(25-13-5-7-14(28)8-6-13)27-20-15(3-2-4-18(20)24-12)19-11-16-17(26-19)9-10-23-22(16)29;1-8-15(17)21-14-9(3-2-4-12(14)19-8)13-7-10-11(20-13)5-6-18-16(10)22;7-5-1-3-6(8)4-2-5/h2-4,11,13-14,26,28H,5-10H2,1H3,(H,23,29)(H,25,27);2-4,7,20H,5-6H2,1H3,(H,18,22);5-6,8H,1-4,7H2. The van der Waals surface area contributed by atoms with Gasteiger partial charge in [-0.25, -0.2) is 19.9 Å². The van der Waals surface area contributed by atoms with Gasteiger partial charge in [-0.3, -0.25) is 9.59 Å². The van der Waals surface area contributed by atoms with Crippen LogP contribution in [0.1, 0.15) is 94.9 Å². The van der Waals surface area contributed by atoms with Gasteiger partial charge in [-0.2, -0.15) is 4.39 Å². The summed E-state index contributed by atoms with van der Waals surface area (Å²) >= 11 is 0. The number of anilines is 1. The van der Waals surface area contributed by atoms with Crippen molar-refractivity contribution >= 4 is 39.7 Å². The van der Waals surface area contributed by atoms with Crippen LogP contribution in [0.3, 0.4) is 0 Å². The van der Waals surface area contributed by atoms with E-state index in [-0.39, 0.29) is 29.7 Å². The van der Waals surface area contributed by atoms with Gasteiger partial charge in [0.15, 0.2) is 0 Å². The number of carbonyl (C=O) groups excluding carboxylic acids is 2. The van der Waals surface area contributed by atoms with E-state index in [9.17, 15) is 19.1 Å². The second kappa shape index (κ2) is 17.2. The fraction of sp³-hybridized carbons (Fsp3) is 0.409. The molecular formula is C44H51FN10O4. The molecule has 14 nitrogen and oxygen atoms in total. The van der Waals surface area contributed by atoms with Crippen molar-refractivity contribution in [1.82, 2.24) is 40.5 Å². The number of aliphatic hydroxyl groups is 2. The monoisotopic (exact) mass is 802 g/mol. The summed E-state index contributed by atoms with van der Waals surface area (Å²) in [6.07, 6.45) is 8.63. The highest BCUT2D eigenvalue weighted by Crippen LogP contribution is 2.32. The van der Waals surface area contributed by atoms with E-state index in [1.54, 1.807) is 19.1 Å². The molecule has 6 aromatic rings. The van der Waals surface area contributed by atoms with Crippen LogP contribution < -0.4 is 21.7 Å². The van der Waals surface area contributed by atoms with E-state index in [1.807, 2.05) is 43.3 Å². The molecule has 0 saturated heterocycles. The Morgan fingerprint density at radius 2 is 1.15 bits per heavy atom. The number of hydrogen-bond acceptors (Lipinski definition) is 10. The van der Waals surface area contributed by atoms with E-state index < -0.39 is 5.95 Å². The van der Waals surface area contributed by atoms with Crippen molar-refractivity contribution in [2.24, 2.45) is 5.73 Å². The number of hydrogen-bond donors (Lipinski definition) is 8. The number of aliphatic hydroxyl groups excluding tert-OH is 2. The number of carbonyl (C=O) groups is 2.